The molecule has 4 heteroatoms. The van der Waals surface area contributed by atoms with Crippen LogP contribution in [0.1, 0.15) is 70.3 Å². The number of carbonyl (C=O) groups excluding carboxylic acids is 1. The van der Waals surface area contributed by atoms with Crippen molar-refractivity contribution in [2.45, 2.75) is 70.3 Å². The first kappa shape index (κ1) is 16.5. The molecule has 25 heavy (non-hydrogen) atoms. The molecule has 0 unspecified atom stereocenters. The van der Waals surface area contributed by atoms with Crippen LogP contribution in [0.25, 0.3) is 10.8 Å². The lowest BCUT2D eigenvalue weighted by molar-refractivity contribution is -0.120. The van der Waals surface area contributed by atoms with Crippen molar-refractivity contribution >= 4 is 22.4 Å². The zero-order valence-corrected chi connectivity index (χ0v) is 14.8. The van der Waals surface area contributed by atoms with Crippen LogP contribution in [-0.2, 0) is 4.79 Å². The Labute approximate surface area is 149 Å². The minimum Gasteiger partial charge on any atom is -0.494 e. The van der Waals surface area contributed by atoms with E-state index in [0.717, 1.165) is 55.0 Å². The Morgan fingerprint density at radius 3 is 2.40 bits per heavy atom. The van der Waals surface area contributed by atoms with Gasteiger partial charge >= 0.3 is 0 Å². The predicted molar refractivity (Wildman–Crippen MR) is 101 cm³/mol. The maximum atomic E-state index is 12.5. The number of nitrogens with zero attached hydrogens (tertiary/aromatic N) is 1. The van der Waals surface area contributed by atoms with Crippen molar-refractivity contribution in [3.63, 3.8) is 0 Å². The molecular weight excluding hydrogens is 312 g/mol. The summed E-state index contributed by atoms with van der Waals surface area (Å²) in [6.07, 6.45) is 13.7. The molecule has 2 fully saturated rings. The largest absolute Gasteiger partial charge is 0.494 e. The van der Waals surface area contributed by atoms with Gasteiger partial charge in [-0.05, 0) is 43.9 Å². The van der Waals surface area contributed by atoms with Crippen LogP contribution in [0.3, 0.4) is 0 Å². The van der Waals surface area contributed by atoms with Crippen molar-refractivity contribution in [3.05, 3.63) is 24.4 Å². The highest BCUT2D eigenvalue weighted by atomic mass is 16.3. The molecule has 0 atom stereocenters. The minimum absolute atomic E-state index is 0.148. The SMILES string of the molecule is O=C(Nc1ccc2c(O)n(C3CCCCC3)cc2c1)C1CCCCC1. The van der Waals surface area contributed by atoms with Gasteiger partial charge in [0.1, 0.15) is 0 Å². The number of hydrogen-bond acceptors (Lipinski definition) is 2. The molecule has 2 N–H and O–H groups in total. The van der Waals surface area contributed by atoms with Gasteiger partial charge in [0.05, 0.1) is 0 Å². The monoisotopic (exact) mass is 340 g/mol. The van der Waals surface area contributed by atoms with E-state index < -0.39 is 0 Å². The van der Waals surface area contributed by atoms with Crippen molar-refractivity contribution in [2.24, 2.45) is 5.92 Å². The van der Waals surface area contributed by atoms with Crippen LogP contribution < -0.4 is 5.32 Å². The predicted octanol–water partition coefficient (Wildman–Crippen LogP) is 5.37. The second kappa shape index (κ2) is 7.11. The van der Waals surface area contributed by atoms with Gasteiger partial charge in [-0.3, -0.25) is 4.79 Å². The van der Waals surface area contributed by atoms with Gasteiger partial charge in [0, 0.05) is 34.6 Å². The summed E-state index contributed by atoms with van der Waals surface area (Å²) in [4.78, 5) is 12.5. The quantitative estimate of drug-likeness (QED) is 0.789. The van der Waals surface area contributed by atoms with E-state index in [1.54, 1.807) is 0 Å². The van der Waals surface area contributed by atoms with Gasteiger partial charge in [0.2, 0.25) is 5.91 Å². The number of benzene rings is 1. The fourth-order valence-corrected chi connectivity index (χ4v) is 4.55. The summed E-state index contributed by atoms with van der Waals surface area (Å²) >= 11 is 0. The van der Waals surface area contributed by atoms with Crippen LogP contribution in [0.2, 0.25) is 0 Å². The molecular formula is C21H28N2O2. The van der Waals surface area contributed by atoms with Crippen LogP contribution in [0, 0.1) is 5.92 Å². The molecule has 4 nitrogen and oxygen atoms in total. The van der Waals surface area contributed by atoms with E-state index in [-0.39, 0.29) is 11.8 Å². The fourth-order valence-electron chi connectivity index (χ4n) is 4.55. The van der Waals surface area contributed by atoms with Gasteiger partial charge in [-0.1, -0.05) is 38.5 Å². The van der Waals surface area contributed by atoms with E-state index in [2.05, 4.69) is 11.5 Å². The number of anilines is 1. The van der Waals surface area contributed by atoms with Crippen LogP contribution in [0.4, 0.5) is 5.69 Å². The van der Waals surface area contributed by atoms with Crippen molar-refractivity contribution in [1.29, 1.82) is 0 Å². The molecule has 0 saturated heterocycles. The van der Waals surface area contributed by atoms with Crippen LogP contribution >= 0.6 is 0 Å². The van der Waals surface area contributed by atoms with Crippen LogP contribution in [0.5, 0.6) is 5.88 Å². The molecule has 2 aliphatic carbocycles. The Bertz CT molecular complexity index is 753. The standard InChI is InChI=1S/C21H28N2O2/c24-20(15-7-3-1-4-8-15)22-17-11-12-19-16(13-17)14-23(21(19)25)18-9-5-2-6-10-18/h11-15,18,25H,1-10H2,(H,22,24). The summed E-state index contributed by atoms with van der Waals surface area (Å²) in [5, 5.41) is 15.6. The summed E-state index contributed by atoms with van der Waals surface area (Å²) in [7, 11) is 0. The average Bonchev–Trinajstić information content (AvgIpc) is 2.99. The molecule has 134 valence electrons. The lowest BCUT2D eigenvalue weighted by atomic mass is 9.88. The summed E-state index contributed by atoms with van der Waals surface area (Å²) in [5.41, 5.74) is 0.837. The second-order valence-corrected chi connectivity index (χ2v) is 7.78. The zero-order chi connectivity index (χ0) is 17.2. The van der Waals surface area contributed by atoms with Crippen molar-refractivity contribution in [3.8, 4) is 5.88 Å². The molecule has 2 aromatic rings. The zero-order valence-electron chi connectivity index (χ0n) is 14.8. The molecule has 0 radical (unpaired) electrons. The highest BCUT2D eigenvalue weighted by Crippen LogP contribution is 2.37. The molecule has 1 heterocycles. The molecule has 0 spiro atoms. The van der Waals surface area contributed by atoms with E-state index in [4.69, 9.17) is 0 Å². The first-order valence-electron chi connectivity index (χ1n) is 9.87. The normalized spacial score (nSPS) is 20.0. The average molecular weight is 340 g/mol. The number of amides is 1. The van der Waals surface area contributed by atoms with E-state index in [1.807, 2.05) is 22.8 Å². The Morgan fingerprint density at radius 1 is 1.00 bits per heavy atom. The Balaban J connectivity index is 1.54. The number of nitrogens with one attached hydrogen (secondary N) is 1. The van der Waals surface area contributed by atoms with Gasteiger partial charge in [0.15, 0.2) is 5.88 Å². The molecule has 4 rings (SSSR count). The third-order valence-electron chi connectivity index (χ3n) is 6.03. The van der Waals surface area contributed by atoms with E-state index >= 15 is 0 Å². The third-order valence-corrected chi connectivity index (χ3v) is 6.03. The summed E-state index contributed by atoms with van der Waals surface area (Å²) in [6.45, 7) is 0. The van der Waals surface area contributed by atoms with Gasteiger partial charge in [-0.2, -0.15) is 0 Å². The van der Waals surface area contributed by atoms with Gasteiger partial charge in [-0.15, -0.1) is 0 Å². The van der Waals surface area contributed by atoms with Crippen LogP contribution in [-0.4, -0.2) is 15.6 Å². The molecule has 1 aromatic heterocycles. The first-order valence-corrected chi connectivity index (χ1v) is 9.87. The maximum Gasteiger partial charge on any atom is 0.227 e. The molecule has 0 bridgehead atoms. The molecule has 1 aromatic carbocycles. The summed E-state index contributed by atoms with van der Waals surface area (Å²) in [6, 6.07) is 6.24. The smallest absolute Gasteiger partial charge is 0.227 e. The van der Waals surface area contributed by atoms with Gasteiger partial charge in [0.25, 0.3) is 0 Å². The number of carbonyl (C=O) groups is 1. The Kier molecular flexibility index (Phi) is 4.69. The first-order chi connectivity index (χ1) is 12.2. The number of aromatic nitrogens is 1. The van der Waals surface area contributed by atoms with Crippen molar-refractivity contribution < 1.29 is 9.90 Å². The number of fused-ring (bicyclic) bond motifs is 1. The second-order valence-electron chi connectivity index (χ2n) is 7.78. The van der Waals surface area contributed by atoms with E-state index in [1.165, 1.54) is 25.7 Å². The maximum absolute atomic E-state index is 12.5. The van der Waals surface area contributed by atoms with Crippen molar-refractivity contribution in [2.75, 3.05) is 5.32 Å². The minimum atomic E-state index is 0.148. The van der Waals surface area contributed by atoms with Gasteiger partial charge < -0.3 is 15.0 Å². The third kappa shape index (κ3) is 3.39. The molecule has 2 aliphatic rings. The highest BCUT2D eigenvalue weighted by molar-refractivity contribution is 5.97. The topological polar surface area (TPSA) is 54.3 Å². The highest BCUT2D eigenvalue weighted by Gasteiger charge is 2.22. The number of hydrogen-bond donors (Lipinski definition) is 2. The van der Waals surface area contributed by atoms with E-state index in [9.17, 15) is 9.90 Å². The summed E-state index contributed by atoms with van der Waals surface area (Å²) < 4.78 is 2.04. The fraction of sp³-hybridized carbons (Fsp3) is 0.571. The summed E-state index contributed by atoms with van der Waals surface area (Å²) in [5.74, 6) is 0.673. The lowest BCUT2D eigenvalue weighted by Crippen LogP contribution is -2.24. The lowest BCUT2D eigenvalue weighted by Gasteiger charge is -2.23. The number of aromatic hydroxyl groups is 1. The van der Waals surface area contributed by atoms with Crippen LogP contribution in [0.15, 0.2) is 24.4 Å². The number of rotatable bonds is 3. The molecule has 2 saturated carbocycles. The molecule has 0 aliphatic heterocycles. The van der Waals surface area contributed by atoms with E-state index in [0.29, 0.717) is 11.9 Å². The van der Waals surface area contributed by atoms with Gasteiger partial charge in [-0.25, -0.2) is 0 Å². The Hall–Kier alpha value is -1.97. The Morgan fingerprint density at radius 2 is 1.68 bits per heavy atom. The van der Waals surface area contributed by atoms with Crippen molar-refractivity contribution in [1.82, 2.24) is 4.57 Å². The molecule has 1 amide bonds.